The van der Waals surface area contributed by atoms with Gasteiger partial charge in [-0.3, -0.25) is 14.4 Å². The van der Waals surface area contributed by atoms with Gasteiger partial charge in [0.15, 0.2) is 18.1 Å². The molecule has 0 aliphatic carbocycles. The van der Waals surface area contributed by atoms with Crippen LogP contribution >= 0.6 is 0 Å². The van der Waals surface area contributed by atoms with Crippen LogP contribution in [-0.2, 0) is 20.8 Å². The Hall–Kier alpha value is -4.14. The number of hydrogen-bond donors (Lipinski definition) is 3. The maximum atomic E-state index is 12.3. The van der Waals surface area contributed by atoms with E-state index < -0.39 is 11.8 Å². The number of anilines is 1. The number of hydrazone groups is 1. The van der Waals surface area contributed by atoms with Gasteiger partial charge in [-0.1, -0.05) is 31.2 Å². The number of nitrogens with one attached hydrogen (secondary N) is 3. The van der Waals surface area contributed by atoms with Crippen LogP contribution in [0.5, 0.6) is 11.5 Å². The Balaban J connectivity index is 1.98. The molecule has 0 aromatic heterocycles. The van der Waals surface area contributed by atoms with Gasteiger partial charge in [-0.15, -0.1) is 6.58 Å². The number of para-hydroxylation sites is 1. The Labute approximate surface area is 192 Å². The molecule has 0 saturated heterocycles. The molecule has 2 aromatic carbocycles. The lowest BCUT2D eigenvalue weighted by Crippen LogP contribution is -2.37. The molecule has 2 aromatic rings. The number of aryl methyl sites for hydroxylation is 1. The Morgan fingerprint density at radius 3 is 2.55 bits per heavy atom. The standard InChI is InChI=1S/C24H28N4O5/c1-4-13-25-23(30)24(31)28-26-15-17-11-12-20(21(14-17)32-6-3)33-16-22(29)27-19-10-8-7-9-18(19)5-2/h4,7-12,14-15H,1,5-6,13,16H2,2-3H3,(H,25,30)(H,27,29)(H,28,31)/b26-15-. The maximum absolute atomic E-state index is 12.3. The largest absolute Gasteiger partial charge is 0.490 e. The average Bonchev–Trinajstić information content (AvgIpc) is 2.82. The zero-order chi connectivity index (χ0) is 24.1. The van der Waals surface area contributed by atoms with Crippen LogP contribution in [0.25, 0.3) is 0 Å². The fraction of sp³-hybridized carbons (Fsp3) is 0.250. The van der Waals surface area contributed by atoms with E-state index in [9.17, 15) is 14.4 Å². The van der Waals surface area contributed by atoms with Gasteiger partial charge in [0.05, 0.1) is 12.8 Å². The van der Waals surface area contributed by atoms with Crippen molar-refractivity contribution in [2.75, 3.05) is 25.1 Å². The summed E-state index contributed by atoms with van der Waals surface area (Å²) in [5, 5.41) is 8.96. The highest BCUT2D eigenvalue weighted by atomic mass is 16.5. The molecule has 0 aliphatic heterocycles. The molecule has 33 heavy (non-hydrogen) atoms. The number of hydrogen-bond acceptors (Lipinski definition) is 6. The molecule has 0 spiro atoms. The van der Waals surface area contributed by atoms with E-state index in [1.807, 2.05) is 38.1 Å². The zero-order valence-corrected chi connectivity index (χ0v) is 18.7. The summed E-state index contributed by atoms with van der Waals surface area (Å²) in [6.07, 6.45) is 3.62. The molecule has 0 unspecified atom stereocenters. The van der Waals surface area contributed by atoms with Gasteiger partial charge in [0.25, 0.3) is 5.91 Å². The molecule has 3 N–H and O–H groups in total. The summed E-state index contributed by atoms with van der Waals surface area (Å²) in [6.45, 7) is 7.66. The molecular formula is C24H28N4O5. The second-order valence-corrected chi connectivity index (χ2v) is 6.68. The predicted octanol–water partition coefficient (Wildman–Crippen LogP) is 2.42. The van der Waals surface area contributed by atoms with Crippen molar-refractivity contribution in [2.24, 2.45) is 5.10 Å². The molecule has 0 heterocycles. The van der Waals surface area contributed by atoms with Crippen molar-refractivity contribution < 1.29 is 23.9 Å². The minimum Gasteiger partial charge on any atom is -0.490 e. The number of rotatable bonds is 11. The molecule has 0 radical (unpaired) electrons. The molecule has 2 rings (SSSR count). The number of carbonyl (C=O) groups is 3. The minimum absolute atomic E-state index is 0.179. The van der Waals surface area contributed by atoms with Gasteiger partial charge in [-0.25, -0.2) is 5.43 Å². The van der Waals surface area contributed by atoms with Crippen molar-refractivity contribution in [3.05, 3.63) is 66.2 Å². The number of carbonyl (C=O) groups excluding carboxylic acids is 3. The molecule has 9 heteroatoms. The van der Waals surface area contributed by atoms with Gasteiger partial charge in [-0.05, 0) is 48.7 Å². The van der Waals surface area contributed by atoms with Gasteiger partial charge in [-0.2, -0.15) is 5.10 Å². The summed E-state index contributed by atoms with van der Waals surface area (Å²) in [7, 11) is 0. The first kappa shape index (κ1) is 25.1. The van der Waals surface area contributed by atoms with Gasteiger partial charge in [0.1, 0.15) is 0 Å². The third-order valence-corrected chi connectivity index (χ3v) is 4.29. The highest BCUT2D eigenvalue weighted by molar-refractivity contribution is 6.35. The lowest BCUT2D eigenvalue weighted by atomic mass is 10.1. The summed E-state index contributed by atoms with van der Waals surface area (Å²) < 4.78 is 11.2. The summed E-state index contributed by atoms with van der Waals surface area (Å²) in [6, 6.07) is 12.6. The molecule has 174 valence electrons. The number of amides is 3. The van der Waals surface area contributed by atoms with Crippen molar-refractivity contribution >= 4 is 29.6 Å². The van der Waals surface area contributed by atoms with E-state index in [1.165, 1.54) is 12.3 Å². The van der Waals surface area contributed by atoms with E-state index in [0.717, 1.165) is 17.7 Å². The predicted molar refractivity (Wildman–Crippen MR) is 126 cm³/mol. The quantitative estimate of drug-likeness (QED) is 0.209. The van der Waals surface area contributed by atoms with E-state index in [4.69, 9.17) is 9.47 Å². The van der Waals surface area contributed by atoms with Crippen LogP contribution in [0.1, 0.15) is 25.0 Å². The normalized spacial score (nSPS) is 10.4. The fourth-order valence-electron chi connectivity index (χ4n) is 2.73. The van der Waals surface area contributed by atoms with Crippen molar-refractivity contribution in [3.63, 3.8) is 0 Å². The van der Waals surface area contributed by atoms with Crippen LogP contribution in [0.2, 0.25) is 0 Å². The molecule has 0 atom stereocenters. The molecular weight excluding hydrogens is 424 g/mol. The molecule has 9 nitrogen and oxygen atoms in total. The Bertz CT molecular complexity index is 1020. The smallest absolute Gasteiger partial charge is 0.329 e. The minimum atomic E-state index is -0.895. The van der Waals surface area contributed by atoms with Gasteiger partial charge in [0, 0.05) is 12.2 Å². The van der Waals surface area contributed by atoms with Crippen LogP contribution in [0, 0.1) is 0 Å². The monoisotopic (exact) mass is 452 g/mol. The van der Waals surface area contributed by atoms with E-state index in [1.54, 1.807) is 18.2 Å². The molecule has 0 saturated carbocycles. The van der Waals surface area contributed by atoms with E-state index in [2.05, 4.69) is 27.7 Å². The first-order chi connectivity index (χ1) is 16.0. The lowest BCUT2D eigenvalue weighted by Gasteiger charge is -2.13. The van der Waals surface area contributed by atoms with Gasteiger partial charge >= 0.3 is 11.8 Å². The van der Waals surface area contributed by atoms with E-state index in [-0.39, 0.29) is 19.1 Å². The first-order valence-electron chi connectivity index (χ1n) is 10.5. The van der Waals surface area contributed by atoms with Crippen LogP contribution in [0.15, 0.2) is 60.2 Å². The average molecular weight is 453 g/mol. The zero-order valence-electron chi connectivity index (χ0n) is 18.7. The summed E-state index contributed by atoms with van der Waals surface area (Å²) in [5.41, 5.74) is 4.53. The second kappa shape index (κ2) is 13.3. The number of ether oxygens (including phenoxy) is 2. The SMILES string of the molecule is C=CCNC(=O)C(=O)N/N=C\c1ccc(OCC(=O)Nc2ccccc2CC)c(OCC)c1. The Kier molecular flexibility index (Phi) is 10.1. The van der Waals surface area contributed by atoms with Crippen molar-refractivity contribution in [3.8, 4) is 11.5 Å². The highest BCUT2D eigenvalue weighted by Gasteiger charge is 2.12. The van der Waals surface area contributed by atoms with Gasteiger partial charge in [0.2, 0.25) is 0 Å². The third kappa shape index (κ3) is 8.13. The van der Waals surface area contributed by atoms with Crippen LogP contribution in [-0.4, -0.2) is 43.7 Å². The van der Waals surface area contributed by atoms with Crippen LogP contribution in [0.4, 0.5) is 5.69 Å². The van der Waals surface area contributed by atoms with Crippen molar-refractivity contribution in [1.82, 2.24) is 10.7 Å². The maximum Gasteiger partial charge on any atom is 0.329 e. The lowest BCUT2D eigenvalue weighted by molar-refractivity contribution is -0.139. The van der Waals surface area contributed by atoms with Crippen LogP contribution in [0.3, 0.4) is 0 Å². The summed E-state index contributed by atoms with van der Waals surface area (Å²) in [4.78, 5) is 35.5. The number of benzene rings is 2. The Morgan fingerprint density at radius 2 is 1.82 bits per heavy atom. The van der Waals surface area contributed by atoms with Crippen LogP contribution < -0.4 is 25.5 Å². The molecule has 0 bridgehead atoms. The van der Waals surface area contributed by atoms with E-state index in [0.29, 0.717) is 23.7 Å². The summed E-state index contributed by atoms with van der Waals surface area (Å²) in [5.74, 6) is -1.19. The van der Waals surface area contributed by atoms with Crippen molar-refractivity contribution in [2.45, 2.75) is 20.3 Å². The van der Waals surface area contributed by atoms with Gasteiger partial charge < -0.3 is 20.1 Å². The fourth-order valence-corrected chi connectivity index (χ4v) is 2.73. The Morgan fingerprint density at radius 1 is 1.03 bits per heavy atom. The first-order valence-corrected chi connectivity index (χ1v) is 10.5. The highest BCUT2D eigenvalue weighted by Crippen LogP contribution is 2.28. The topological polar surface area (TPSA) is 118 Å². The van der Waals surface area contributed by atoms with Crippen molar-refractivity contribution in [1.29, 1.82) is 0 Å². The van der Waals surface area contributed by atoms with E-state index >= 15 is 0 Å². The second-order valence-electron chi connectivity index (χ2n) is 6.68. The molecule has 0 aliphatic rings. The molecule has 0 fully saturated rings. The third-order valence-electron chi connectivity index (χ3n) is 4.29. The summed E-state index contributed by atoms with van der Waals surface area (Å²) >= 11 is 0. The number of nitrogens with zero attached hydrogens (tertiary/aromatic N) is 1. The molecule has 3 amide bonds.